The number of nitrogens with one attached hydrogen (secondary N) is 2. The van der Waals surface area contributed by atoms with Crippen molar-refractivity contribution in [3.63, 3.8) is 0 Å². The van der Waals surface area contributed by atoms with Crippen LogP contribution in [0.2, 0.25) is 0 Å². The Labute approximate surface area is 125 Å². The van der Waals surface area contributed by atoms with Crippen LogP contribution in [-0.4, -0.2) is 57.7 Å². The van der Waals surface area contributed by atoms with Crippen molar-refractivity contribution in [3.05, 3.63) is 24.3 Å². The topological polar surface area (TPSA) is 78.5 Å². The fraction of sp³-hybridized carbons (Fsp3) is 0.500. The lowest BCUT2D eigenvalue weighted by atomic mass is 10.2. The van der Waals surface area contributed by atoms with Crippen molar-refractivity contribution in [3.8, 4) is 0 Å². The van der Waals surface area contributed by atoms with Gasteiger partial charge < -0.3 is 10.6 Å². The fourth-order valence-electron chi connectivity index (χ4n) is 2.29. The number of benzene rings is 1. The molecule has 1 aliphatic rings. The molecule has 2 N–H and O–H groups in total. The first-order valence-corrected chi connectivity index (χ1v) is 8.80. The summed E-state index contributed by atoms with van der Waals surface area (Å²) >= 11 is 0. The molecule has 0 saturated carbocycles. The Hall–Kier alpha value is -1.44. The van der Waals surface area contributed by atoms with Crippen molar-refractivity contribution in [2.45, 2.75) is 17.9 Å². The third-order valence-electron chi connectivity index (χ3n) is 3.55. The highest BCUT2D eigenvalue weighted by Crippen LogP contribution is 2.14. The molecular formula is C14H21N3O3S. The molecule has 1 aromatic rings. The number of hydrogen-bond acceptors (Lipinski definition) is 5. The average molecular weight is 311 g/mol. The number of carbonyl (C=O) groups excluding carboxylic acids is 1. The number of amides is 1. The molecule has 0 bridgehead atoms. The molecule has 1 amide bonds. The minimum Gasteiger partial charge on any atom is -0.325 e. The maximum atomic E-state index is 12.0. The molecule has 1 atom stereocenters. The lowest BCUT2D eigenvalue weighted by molar-refractivity contribution is -0.118. The highest BCUT2D eigenvalue weighted by molar-refractivity contribution is 7.90. The van der Waals surface area contributed by atoms with E-state index in [1.807, 2.05) is 0 Å². The Morgan fingerprint density at radius 2 is 2.05 bits per heavy atom. The number of piperazine rings is 1. The van der Waals surface area contributed by atoms with Crippen LogP contribution in [0.4, 0.5) is 5.69 Å². The van der Waals surface area contributed by atoms with E-state index in [-0.39, 0.29) is 10.8 Å². The zero-order valence-corrected chi connectivity index (χ0v) is 13.1. The standard InChI is InChI=1S/C14H21N3O3S/c1-11-9-15-7-8-17(11)10-14(18)16-12-3-5-13(6-4-12)21(2,19)20/h3-6,11,15H,7-10H2,1-2H3,(H,16,18)/t11-/m1/s1. The van der Waals surface area contributed by atoms with Crippen LogP contribution in [0, 0.1) is 0 Å². The van der Waals surface area contributed by atoms with Gasteiger partial charge in [-0.3, -0.25) is 9.69 Å². The molecule has 1 fully saturated rings. The van der Waals surface area contributed by atoms with E-state index in [0.717, 1.165) is 25.9 Å². The van der Waals surface area contributed by atoms with Crippen molar-refractivity contribution in [1.29, 1.82) is 0 Å². The Morgan fingerprint density at radius 3 is 2.62 bits per heavy atom. The zero-order chi connectivity index (χ0) is 15.5. The van der Waals surface area contributed by atoms with E-state index in [0.29, 0.717) is 18.3 Å². The second-order valence-corrected chi connectivity index (χ2v) is 7.38. The van der Waals surface area contributed by atoms with Crippen LogP contribution in [-0.2, 0) is 14.6 Å². The molecule has 1 aliphatic heterocycles. The second-order valence-electron chi connectivity index (χ2n) is 5.37. The number of hydrogen-bond donors (Lipinski definition) is 2. The predicted molar refractivity (Wildman–Crippen MR) is 82.1 cm³/mol. The van der Waals surface area contributed by atoms with E-state index in [1.165, 1.54) is 12.1 Å². The monoisotopic (exact) mass is 311 g/mol. The Morgan fingerprint density at radius 1 is 1.38 bits per heavy atom. The number of anilines is 1. The minimum absolute atomic E-state index is 0.0872. The van der Waals surface area contributed by atoms with Gasteiger partial charge in [0.25, 0.3) is 0 Å². The Bertz CT molecular complexity index is 598. The summed E-state index contributed by atoms with van der Waals surface area (Å²) in [6, 6.07) is 6.54. The molecule has 0 unspecified atom stereocenters. The van der Waals surface area contributed by atoms with Crippen molar-refractivity contribution in [2.75, 3.05) is 37.8 Å². The third kappa shape index (κ3) is 4.52. The molecule has 0 radical (unpaired) electrons. The largest absolute Gasteiger partial charge is 0.325 e. The lowest BCUT2D eigenvalue weighted by Gasteiger charge is -2.33. The van der Waals surface area contributed by atoms with Gasteiger partial charge in [-0.2, -0.15) is 0 Å². The van der Waals surface area contributed by atoms with Gasteiger partial charge in [-0.15, -0.1) is 0 Å². The summed E-state index contributed by atoms with van der Waals surface area (Å²) in [4.78, 5) is 14.4. The smallest absolute Gasteiger partial charge is 0.238 e. The van der Waals surface area contributed by atoms with Gasteiger partial charge in [0.2, 0.25) is 5.91 Å². The van der Waals surface area contributed by atoms with E-state index in [1.54, 1.807) is 12.1 Å². The Kier molecular flexibility index (Phi) is 4.97. The third-order valence-corrected chi connectivity index (χ3v) is 4.68. The lowest BCUT2D eigenvalue weighted by Crippen LogP contribution is -2.51. The van der Waals surface area contributed by atoms with Crippen LogP contribution in [0.1, 0.15) is 6.92 Å². The Balaban J connectivity index is 1.93. The summed E-state index contributed by atoms with van der Waals surface area (Å²) in [6.45, 7) is 5.05. The number of sulfone groups is 1. The zero-order valence-electron chi connectivity index (χ0n) is 12.3. The minimum atomic E-state index is -3.21. The summed E-state index contributed by atoms with van der Waals surface area (Å²) in [5.74, 6) is -0.0872. The SMILES string of the molecule is C[C@@H]1CNCCN1CC(=O)Nc1ccc(S(C)(=O)=O)cc1. The molecule has 7 heteroatoms. The van der Waals surface area contributed by atoms with Crippen molar-refractivity contribution >= 4 is 21.4 Å². The van der Waals surface area contributed by atoms with E-state index >= 15 is 0 Å². The van der Waals surface area contributed by atoms with Crippen LogP contribution in [0.3, 0.4) is 0 Å². The molecule has 0 aromatic heterocycles. The summed E-state index contributed by atoms with van der Waals surface area (Å²) in [5, 5.41) is 6.07. The van der Waals surface area contributed by atoms with Gasteiger partial charge in [0, 0.05) is 37.6 Å². The van der Waals surface area contributed by atoms with Crippen LogP contribution in [0.25, 0.3) is 0 Å². The molecule has 0 spiro atoms. The van der Waals surface area contributed by atoms with Gasteiger partial charge >= 0.3 is 0 Å². The number of nitrogens with zero attached hydrogens (tertiary/aromatic N) is 1. The highest BCUT2D eigenvalue weighted by Gasteiger charge is 2.20. The molecule has 1 heterocycles. The van der Waals surface area contributed by atoms with Gasteiger partial charge in [-0.1, -0.05) is 0 Å². The molecule has 6 nitrogen and oxygen atoms in total. The molecule has 21 heavy (non-hydrogen) atoms. The highest BCUT2D eigenvalue weighted by atomic mass is 32.2. The van der Waals surface area contributed by atoms with E-state index in [9.17, 15) is 13.2 Å². The first-order chi connectivity index (χ1) is 9.86. The van der Waals surface area contributed by atoms with Crippen molar-refractivity contribution < 1.29 is 13.2 Å². The van der Waals surface area contributed by atoms with E-state index in [4.69, 9.17) is 0 Å². The van der Waals surface area contributed by atoms with Crippen molar-refractivity contribution in [2.24, 2.45) is 0 Å². The maximum absolute atomic E-state index is 12.0. The van der Waals surface area contributed by atoms with Crippen LogP contribution >= 0.6 is 0 Å². The summed E-state index contributed by atoms with van der Waals surface area (Å²) < 4.78 is 22.7. The number of rotatable bonds is 4. The molecule has 0 aliphatic carbocycles. The van der Waals surface area contributed by atoms with Gasteiger partial charge in [0.05, 0.1) is 11.4 Å². The fourth-order valence-corrected chi connectivity index (χ4v) is 2.92. The summed E-state index contributed by atoms with van der Waals surface area (Å²) in [7, 11) is -3.21. The van der Waals surface area contributed by atoms with Crippen LogP contribution < -0.4 is 10.6 Å². The predicted octanol–water partition coefficient (Wildman–Crippen LogP) is 0.322. The molecule has 1 saturated heterocycles. The second kappa shape index (κ2) is 6.55. The quantitative estimate of drug-likeness (QED) is 0.837. The number of carbonyl (C=O) groups is 1. The maximum Gasteiger partial charge on any atom is 0.238 e. The first-order valence-electron chi connectivity index (χ1n) is 6.91. The summed E-state index contributed by atoms with van der Waals surface area (Å²) in [5.41, 5.74) is 0.607. The molecular weight excluding hydrogens is 290 g/mol. The van der Waals surface area contributed by atoms with Gasteiger partial charge in [-0.25, -0.2) is 8.42 Å². The van der Waals surface area contributed by atoms with E-state index < -0.39 is 9.84 Å². The van der Waals surface area contributed by atoms with Gasteiger partial charge in [0.1, 0.15) is 0 Å². The normalized spacial score (nSPS) is 20.2. The molecule has 2 rings (SSSR count). The van der Waals surface area contributed by atoms with Crippen molar-refractivity contribution in [1.82, 2.24) is 10.2 Å². The van der Waals surface area contributed by atoms with Gasteiger partial charge in [0.15, 0.2) is 9.84 Å². The van der Waals surface area contributed by atoms with Crippen LogP contribution in [0.5, 0.6) is 0 Å². The van der Waals surface area contributed by atoms with Gasteiger partial charge in [-0.05, 0) is 31.2 Å². The summed E-state index contributed by atoms with van der Waals surface area (Å²) in [6.07, 6.45) is 1.16. The molecule has 116 valence electrons. The van der Waals surface area contributed by atoms with E-state index in [2.05, 4.69) is 22.5 Å². The average Bonchev–Trinajstić information content (AvgIpc) is 2.41. The first kappa shape index (κ1) is 15.9. The van der Waals surface area contributed by atoms with Crippen LogP contribution in [0.15, 0.2) is 29.2 Å². The molecule has 1 aromatic carbocycles.